The highest BCUT2D eigenvalue weighted by atomic mass is 19.3. The molecule has 0 saturated carbocycles. The summed E-state index contributed by atoms with van der Waals surface area (Å²) in [6.45, 7) is 12.4. The Kier molecular flexibility index (Phi) is 5.03. The fourth-order valence-electron chi connectivity index (χ4n) is 3.41. The zero-order valence-corrected chi connectivity index (χ0v) is 13.3. The zero-order chi connectivity index (χ0) is 14.9. The van der Waals surface area contributed by atoms with Gasteiger partial charge in [0.15, 0.2) is 0 Å². The average molecular weight is 289 g/mol. The fraction of sp³-hybridized carbons (Fsp3) is 1.00. The maximum absolute atomic E-state index is 14.4. The second kappa shape index (κ2) is 6.24. The van der Waals surface area contributed by atoms with Gasteiger partial charge in [0.25, 0.3) is 5.92 Å². The lowest BCUT2D eigenvalue weighted by Gasteiger charge is -2.47. The van der Waals surface area contributed by atoms with Crippen LogP contribution in [0.5, 0.6) is 0 Å². The summed E-state index contributed by atoms with van der Waals surface area (Å²) in [7, 11) is 0. The fourth-order valence-corrected chi connectivity index (χ4v) is 3.41. The molecule has 3 nitrogen and oxygen atoms in total. The lowest BCUT2D eigenvalue weighted by Crippen LogP contribution is -2.62. The normalized spacial score (nSPS) is 30.3. The molecule has 0 aromatic carbocycles. The van der Waals surface area contributed by atoms with E-state index in [1.54, 1.807) is 0 Å². The van der Waals surface area contributed by atoms with Gasteiger partial charge in [-0.25, -0.2) is 8.78 Å². The second-order valence-corrected chi connectivity index (χ2v) is 6.80. The molecule has 0 radical (unpaired) electrons. The molecular formula is C15H29F2N3. The summed E-state index contributed by atoms with van der Waals surface area (Å²) in [6, 6.07) is 0.159. The maximum Gasteiger partial charge on any atom is 0.275 e. The Morgan fingerprint density at radius 3 is 1.85 bits per heavy atom. The van der Waals surface area contributed by atoms with Gasteiger partial charge >= 0.3 is 0 Å². The molecule has 0 bridgehead atoms. The molecule has 2 aliphatic rings. The van der Waals surface area contributed by atoms with Crippen LogP contribution in [0, 0.1) is 0 Å². The molecule has 2 rings (SSSR count). The van der Waals surface area contributed by atoms with Crippen LogP contribution in [0.2, 0.25) is 0 Å². The molecule has 2 saturated heterocycles. The first-order valence-electron chi connectivity index (χ1n) is 7.91. The molecule has 118 valence electrons. The molecule has 0 unspecified atom stereocenters. The first kappa shape index (κ1) is 16.1. The van der Waals surface area contributed by atoms with Gasteiger partial charge in [0.2, 0.25) is 0 Å². The van der Waals surface area contributed by atoms with E-state index in [0.29, 0.717) is 12.5 Å². The van der Waals surface area contributed by atoms with Crippen molar-refractivity contribution < 1.29 is 8.78 Å². The van der Waals surface area contributed by atoms with Crippen molar-refractivity contribution in [3.05, 3.63) is 0 Å². The van der Waals surface area contributed by atoms with Gasteiger partial charge in [-0.05, 0) is 34.1 Å². The number of hydrogen-bond donors (Lipinski definition) is 0. The maximum atomic E-state index is 14.4. The Hall–Kier alpha value is -0.260. The van der Waals surface area contributed by atoms with Crippen LogP contribution in [0.3, 0.4) is 0 Å². The van der Waals surface area contributed by atoms with Crippen LogP contribution in [0.25, 0.3) is 0 Å². The number of nitrogens with zero attached hydrogens (tertiary/aromatic N) is 3. The lowest BCUT2D eigenvalue weighted by molar-refractivity contribution is -0.138. The van der Waals surface area contributed by atoms with Crippen LogP contribution in [0.1, 0.15) is 34.1 Å². The van der Waals surface area contributed by atoms with Crippen LogP contribution < -0.4 is 0 Å². The van der Waals surface area contributed by atoms with Gasteiger partial charge in [-0.15, -0.1) is 0 Å². The van der Waals surface area contributed by atoms with Crippen molar-refractivity contribution >= 4 is 0 Å². The number of halogens is 2. The molecule has 0 N–H and O–H groups in total. The Morgan fingerprint density at radius 2 is 1.40 bits per heavy atom. The topological polar surface area (TPSA) is 9.72 Å². The van der Waals surface area contributed by atoms with Crippen molar-refractivity contribution in [1.29, 1.82) is 0 Å². The van der Waals surface area contributed by atoms with Crippen molar-refractivity contribution in [2.75, 3.05) is 39.3 Å². The minimum absolute atomic E-state index is 0.0836. The van der Waals surface area contributed by atoms with Crippen molar-refractivity contribution in [2.24, 2.45) is 0 Å². The molecule has 20 heavy (non-hydrogen) atoms. The second-order valence-electron chi connectivity index (χ2n) is 6.80. The average Bonchev–Trinajstić information content (AvgIpc) is 2.37. The number of alkyl halides is 2. The van der Waals surface area contributed by atoms with Crippen molar-refractivity contribution in [3.8, 4) is 0 Å². The van der Waals surface area contributed by atoms with E-state index < -0.39 is 12.0 Å². The number of hydrogen-bond acceptors (Lipinski definition) is 3. The van der Waals surface area contributed by atoms with Crippen molar-refractivity contribution in [2.45, 2.75) is 58.2 Å². The van der Waals surface area contributed by atoms with E-state index in [1.165, 1.54) is 0 Å². The molecule has 1 atom stereocenters. The van der Waals surface area contributed by atoms with Crippen molar-refractivity contribution in [1.82, 2.24) is 14.7 Å². The largest absolute Gasteiger partial charge is 0.298 e. The van der Waals surface area contributed by atoms with Gasteiger partial charge in [0.1, 0.15) is 0 Å². The third-order valence-corrected chi connectivity index (χ3v) is 4.84. The predicted octanol–water partition coefficient (Wildman–Crippen LogP) is 2.13. The number of piperidine rings is 1. The van der Waals surface area contributed by atoms with E-state index in [1.807, 2.05) is 23.6 Å². The van der Waals surface area contributed by atoms with Crippen LogP contribution in [-0.4, -0.2) is 78.0 Å². The van der Waals surface area contributed by atoms with E-state index in [-0.39, 0.29) is 12.6 Å². The molecule has 2 aliphatic heterocycles. The van der Waals surface area contributed by atoms with E-state index in [9.17, 15) is 8.78 Å². The minimum atomic E-state index is -2.58. The van der Waals surface area contributed by atoms with Gasteiger partial charge in [-0.3, -0.25) is 14.7 Å². The highest BCUT2D eigenvalue weighted by Crippen LogP contribution is 2.32. The molecule has 0 aromatic rings. The first-order chi connectivity index (χ1) is 9.31. The monoisotopic (exact) mass is 289 g/mol. The SMILES string of the molecule is CC(C)N1CCN([C@H]2CCN(C(C)C)CC2(F)F)CC1. The Balaban J connectivity index is 1.93. The Bertz CT molecular complexity index is 312. The van der Waals surface area contributed by atoms with Gasteiger partial charge in [0.05, 0.1) is 12.6 Å². The highest BCUT2D eigenvalue weighted by Gasteiger charge is 2.48. The molecule has 0 aliphatic carbocycles. The third-order valence-electron chi connectivity index (χ3n) is 4.84. The number of likely N-dealkylation sites (tertiary alicyclic amines) is 1. The molecule has 2 fully saturated rings. The van der Waals surface area contributed by atoms with E-state index >= 15 is 0 Å². The number of rotatable bonds is 3. The van der Waals surface area contributed by atoms with E-state index in [0.717, 1.165) is 32.7 Å². The first-order valence-corrected chi connectivity index (χ1v) is 7.91. The van der Waals surface area contributed by atoms with Gasteiger partial charge in [0, 0.05) is 44.8 Å². The quantitative estimate of drug-likeness (QED) is 0.788. The van der Waals surface area contributed by atoms with Gasteiger partial charge in [-0.2, -0.15) is 0 Å². The van der Waals surface area contributed by atoms with Crippen molar-refractivity contribution in [3.63, 3.8) is 0 Å². The summed E-state index contributed by atoms with van der Waals surface area (Å²) in [5.74, 6) is -2.58. The molecule has 0 amide bonds. The molecule has 0 spiro atoms. The molecule has 5 heteroatoms. The molecular weight excluding hydrogens is 260 g/mol. The summed E-state index contributed by atoms with van der Waals surface area (Å²) >= 11 is 0. The smallest absolute Gasteiger partial charge is 0.275 e. The Morgan fingerprint density at radius 1 is 0.850 bits per heavy atom. The zero-order valence-electron chi connectivity index (χ0n) is 13.3. The van der Waals surface area contributed by atoms with Crippen LogP contribution >= 0.6 is 0 Å². The van der Waals surface area contributed by atoms with E-state index in [4.69, 9.17) is 0 Å². The Labute approximate surface area is 121 Å². The third kappa shape index (κ3) is 3.49. The standard InChI is InChI=1S/C15H29F2N3/c1-12(2)18-7-9-19(10-8-18)14-5-6-20(13(3)4)11-15(14,16)17/h12-14H,5-11H2,1-4H3/t14-/m0/s1. The van der Waals surface area contributed by atoms with Crippen LogP contribution in [-0.2, 0) is 0 Å². The van der Waals surface area contributed by atoms with Crippen LogP contribution in [0.4, 0.5) is 8.78 Å². The summed E-state index contributed by atoms with van der Waals surface area (Å²) < 4.78 is 28.8. The van der Waals surface area contributed by atoms with E-state index in [2.05, 4.69) is 18.7 Å². The summed E-state index contributed by atoms with van der Waals surface area (Å²) in [5.41, 5.74) is 0. The minimum Gasteiger partial charge on any atom is -0.298 e. The molecule has 2 heterocycles. The lowest BCUT2D eigenvalue weighted by atomic mass is 9.97. The van der Waals surface area contributed by atoms with Gasteiger partial charge < -0.3 is 0 Å². The number of piperazine rings is 1. The summed E-state index contributed by atoms with van der Waals surface area (Å²) in [5, 5.41) is 0. The summed E-state index contributed by atoms with van der Waals surface area (Å²) in [4.78, 5) is 6.30. The summed E-state index contributed by atoms with van der Waals surface area (Å²) in [6.07, 6.45) is 0.590. The highest BCUT2D eigenvalue weighted by molar-refractivity contribution is 4.95. The molecule has 0 aromatic heterocycles. The van der Waals surface area contributed by atoms with Crippen LogP contribution in [0.15, 0.2) is 0 Å². The van der Waals surface area contributed by atoms with Gasteiger partial charge in [-0.1, -0.05) is 0 Å². The predicted molar refractivity (Wildman–Crippen MR) is 78.3 cm³/mol.